The minimum Gasteiger partial charge on any atom is -0.492 e. The van der Waals surface area contributed by atoms with Crippen LogP contribution in [0.5, 0.6) is 5.75 Å². The van der Waals surface area contributed by atoms with Crippen molar-refractivity contribution in [3.63, 3.8) is 0 Å². The zero-order valence-corrected chi connectivity index (χ0v) is 12.6. The highest BCUT2D eigenvalue weighted by atomic mass is 16.6. The Labute approximate surface area is 132 Å². The van der Waals surface area contributed by atoms with Crippen LogP contribution in [0.3, 0.4) is 0 Å². The summed E-state index contributed by atoms with van der Waals surface area (Å²) in [6.45, 7) is 2.39. The predicted molar refractivity (Wildman–Crippen MR) is 83.2 cm³/mol. The van der Waals surface area contributed by atoms with Crippen molar-refractivity contribution in [3.05, 3.63) is 46.4 Å². The monoisotopic (exact) mass is 319 g/mol. The molecule has 1 amide bonds. The van der Waals surface area contributed by atoms with Crippen LogP contribution in [0.15, 0.2) is 30.5 Å². The Morgan fingerprint density at radius 1 is 1.43 bits per heavy atom. The quantitative estimate of drug-likeness (QED) is 0.581. The van der Waals surface area contributed by atoms with E-state index in [-0.39, 0.29) is 18.3 Å². The highest BCUT2D eigenvalue weighted by molar-refractivity contribution is 5.90. The maximum atomic E-state index is 12.0. The second-order valence-electron chi connectivity index (χ2n) is 4.74. The molecule has 1 aromatic heterocycles. The fourth-order valence-corrected chi connectivity index (χ4v) is 1.91. The first-order valence-electron chi connectivity index (χ1n) is 6.90. The number of benzene rings is 1. The van der Waals surface area contributed by atoms with Crippen LogP contribution in [0.4, 0.5) is 11.5 Å². The van der Waals surface area contributed by atoms with Gasteiger partial charge in [-0.05, 0) is 34.2 Å². The van der Waals surface area contributed by atoms with Gasteiger partial charge in [-0.3, -0.25) is 9.36 Å². The highest BCUT2D eigenvalue weighted by Crippen LogP contribution is 2.16. The van der Waals surface area contributed by atoms with Crippen molar-refractivity contribution in [1.82, 2.24) is 9.55 Å². The molecule has 2 aromatic rings. The standard InChI is InChI=1S/C14H17N5O4/c1-10-16-13(19(21)22)8-18(10)9-14(20)17-11-2-4-12(5-3-11)23-7-6-15/h2-5,8H,6-7,9,15H2,1H3,(H,17,20). The van der Waals surface area contributed by atoms with E-state index in [1.807, 2.05) is 0 Å². The van der Waals surface area contributed by atoms with Gasteiger partial charge < -0.3 is 25.9 Å². The average molecular weight is 319 g/mol. The number of nitrogens with zero attached hydrogens (tertiary/aromatic N) is 3. The summed E-state index contributed by atoms with van der Waals surface area (Å²) in [5.41, 5.74) is 5.95. The van der Waals surface area contributed by atoms with Gasteiger partial charge in [0.25, 0.3) is 0 Å². The van der Waals surface area contributed by atoms with Crippen LogP contribution in [-0.4, -0.2) is 33.5 Å². The van der Waals surface area contributed by atoms with Crippen LogP contribution < -0.4 is 15.8 Å². The van der Waals surface area contributed by atoms with Gasteiger partial charge in [0, 0.05) is 19.2 Å². The molecule has 1 aromatic carbocycles. The molecule has 9 heteroatoms. The Morgan fingerprint density at radius 3 is 2.70 bits per heavy atom. The van der Waals surface area contributed by atoms with Gasteiger partial charge in [-0.1, -0.05) is 0 Å². The summed E-state index contributed by atoms with van der Waals surface area (Å²) < 4.78 is 6.76. The van der Waals surface area contributed by atoms with Gasteiger partial charge in [-0.15, -0.1) is 0 Å². The number of anilines is 1. The first kappa shape index (κ1) is 16.4. The summed E-state index contributed by atoms with van der Waals surface area (Å²) in [7, 11) is 0. The molecule has 0 spiro atoms. The molecule has 0 unspecified atom stereocenters. The van der Waals surface area contributed by atoms with Crippen molar-refractivity contribution >= 4 is 17.4 Å². The normalized spacial score (nSPS) is 10.3. The highest BCUT2D eigenvalue weighted by Gasteiger charge is 2.16. The molecule has 23 heavy (non-hydrogen) atoms. The van der Waals surface area contributed by atoms with Crippen LogP contribution in [0, 0.1) is 17.0 Å². The van der Waals surface area contributed by atoms with E-state index in [1.165, 1.54) is 10.8 Å². The van der Waals surface area contributed by atoms with Crippen molar-refractivity contribution in [1.29, 1.82) is 0 Å². The molecule has 0 atom stereocenters. The number of carbonyl (C=O) groups is 1. The summed E-state index contributed by atoms with van der Waals surface area (Å²) in [5, 5.41) is 13.4. The Hall–Kier alpha value is -2.94. The smallest absolute Gasteiger partial charge is 0.381 e. The lowest BCUT2D eigenvalue weighted by Gasteiger charge is -2.08. The molecular weight excluding hydrogens is 302 g/mol. The number of ether oxygens (including phenoxy) is 1. The maximum Gasteiger partial charge on any atom is 0.381 e. The first-order chi connectivity index (χ1) is 11.0. The van der Waals surface area contributed by atoms with Crippen LogP contribution in [0.2, 0.25) is 0 Å². The molecule has 0 fully saturated rings. The number of hydrogen-bond acceptors (Lipinski definition) is 6. The average Bonchev–Trinajstić information content (AvgIpc) is 2.88. The third-order valence-electron chi connectivity index (χ3n) is 2.99. The zero-order valence-electron chi connectivity index (χ0n) is 12.6. The summed E-state index contributed by atoms with van der Waals surface area (Å²) >= 11 is 0. The summed E-state index contributed by atoms with van der Waals surface area (Å²) in [4.78, 5) is 25.8. The number of aryl methyl sites for hydroxylation is 1. The van der Waals surface area contributed by atoms with E-state index in [4.69, 9.17) is 10.5 Å². The summed E-state index contributed by atoms with van der Waals surface area (Å²) in [6, 6.07) is 6.84. The molecule has 0 aliphatic carbocycles. The van der Waals surface area contributed by atoms with Crippen LogP contribution in [0.1, 0.15) is 5.82 Å². The van der Waals surface area contributed by atoms with Crippen molar-refractivity contribution in [2.24, 2.45) is 5.73 Å². The molecule has 3 N–H and O–H groups in total. The lowest BCUT2D eigenvalue weighted by molar-refractivity contribution is -0.389. The topological polar surface area (TPSA) is 125 Å². The van der Waals surface area contributed by atoms with Crippen LogP contribution in [0.25, 0.3) is 0 Å². The number of aromatic nitrogens is 2. The number of nitrogens with one attached hydrogen (secondary N) is 1. The molecule has 0 radical (unpaired) electrons. The largest absolute Gasteiger partial charge is 0.492 e. The van der Waals surface area contributed by atoms with E-state index in [0.29, 0.717) is 30.4 Å². The number of rotatable bonds is 7. The van der Waals surface area contributed by atoms with Crippen molar-refractivity contribution in [2.45, 2.75) is 13.5 Å². The predicted octanol–water partition coefficient (Wildman–Crippen LogP) is 1.08. The molecule has 0 aliphatic rings. The third-order valence-corrected chi connectivity index (χ3v) is 2.99. The van der Waals surface area contributed by atoms with E-state index in [2.05, 4.69) is 10.3 Å². The number of hydrogen-bond donors (Lipinski definition) is 2. The maximum absolute atomic E-state index is 12.0. The Kier molecular flexibility index (Phi) is 5.26. The third kappa shape index (κ3) is 4.51. The molecule has 0 saturated heterocycles. The zero-order chi connectivity index (χ0) is 16.8. The van der Waals surface area contributed by atoms with Crippen molar-refractivity contribution < 1.29 is 14.5 Å². The number of nitrogens with two attached hydrogens (primary N) is 1. The van der Waals surface area contributed by atoms with Crippen LogP contribution >= 0.6 is 0 Å². The first-order valence-corrected chi connectivity index (χ1v) is 6.90. The lowest BCUT2D eigenvalue weighted by Crippen LogP contribution is -2.19. The van der Waals surface area contributed by atoms with E-state index in [9.17, 15) is 14.9 Å². The fourth-order valence-electron chi connectivity index (χ4n) is 1.91. The molecular formula is C14H17N5O4. The molecule has 2 rings (SSSR count). The van der Waals surface area contributed by atoms with Gasteiger partial charge in [0.1, 0.15) is 25.1 Å². The summed E-state index contributed by atoms with van der Waals surface area (Å²) in [5.74, 6) is 0.472. The fraction of sp³-hybridized carbons (Fsp3) is 0.286. The molecule has 0 bridgehead atoms. The Balaban J connectivity index is 1.95. The Bertz CT molecular complexity index is 696. The number of carbonyl (C=O) groups excluding carboxylic acids is 1. The van der Waals surface area contributed by atoms with E-state index < -0.39 is 4.92 Å². The second-order valence-corrected chi connectivity index (χ2v) is 4.74. The van der Waals surface area contributed by atoms with Gasteiger partial charge in [0.2, 0.25) is 11.7 Å². The number of amides is 1. The number of imidazole rings is 1. The molecule has 1 heterocycles. The van der Waals surface area contributed by atoms with Crippen molar-refractivity contribution in [2.75, 3.05) is 18.5 Å². The summed E-state index contributed by atoms with van der Waals surface area (Å²) in [6.07, 6.45) is 1.23. The van der Waals surface area contributed by atoms with Crippen molar-refractivity contribution in [3.8, 4) is 5.75 Å². The van der Waals surface area contributed by atoms with Gasteiger partial charge >= 0.3 is 5.82 Å². The Morgan fingerprint density at radius 2 is 2.13 bits per heavy atom. The SMILES string of the molecule is Cc1nc([N+](=O)[O-])cn1CC(=O)Nc1ccc(OCCN)cc1. The minimum absolute atomic E-state index is 0.0574. The molecule has 0 saturated carbocycles. The lowest BCUT2D eigenvalue weighted by atomic mass is 10.3. The van der Waals surface area contributed by atoms with Crippen LogP contribution in [-0.2, 0) is 11.3 Å². The van der Waals surface area contributed by atoms with Gasteiger partial charge in [-0.25, -0.2) is 0 Å². The van der Waals surface area contributed by atoms with E-state index in [0.717, 1.165) is 0 Å². The van der Waals surface area contributed by atoms with Gasteiger partial charge in [0.15, 0.2) is 0 Å². The molecule has 0 aliphatic heterocycles. The second kappa shape index (κ2) is 7.36. The number of nitro groups is 1. The van der Waals surface area contributed by atoms with Gasteiger partial charge in [0.05, 0.1) is 0 Å². The van der Waals surface area contributed by atoms with E-state index in [1.54, 1.807) is 31.2 Å². The molecule has 9 nitrogen and oxygen atoms in total. The van der Waals surface area contributed by atoms with E-state index >= 15 is 0 Å². The molecule has 122 valence electrons. The van der Waals surface area contributed by atoms with Gasteiger partial charge in [-0.2, -0.15) is 0 Å². The minimum atomic E-state index is -0.596.